The quantitative estimate of drug-likeness (QED) is 0.738. The van der Waals surface area contributed by atoms with E-state index in [2.05, 4.69) is 4.98 Å². The zero-order chi connectivity index (χ0) is 20.0. The molecule has 0 saturated heterocycles. The maximum absolute atomic E-state index is 12.8. The van der Waals surface area contributed by atoms with Crippen molar-refractivity contribution in [3.05, 3.63) is 41.2 Å². The van der Waals surface area contributed by atoms with E-state index in [4.69, 9.17) is 0 Å². The largest absolute Gasteiger partial charge is 0.431 e. The van der Waals surface area contributed by atoms with Crippen LogP contribution < -0.4 is 4.72 Å². The van der Waals surface area contributed by atoms with E-state index in [-0.39, 0.29) is 17.5 Å². The molecule has 0 saturated carbocycles. The first-order chi connectivity index (χ1) is 11.7. The Morgan fingerprint density at radius 2 is 1.50 bits per heavy atom. The predicted octanol–water partition coefficient (Wildman–Crippen LogP) is 3.40. The number of nitrogens with zero attached hydrogens (tertiary/aromatic N) is 1. The zero-order valence-electron chi connectivity index (χ0n) is 12.1. The summed E-state index contributed by atoms with van der Waals surface area (Å²) in [4.78, 5) is 0.958. The van der Waals surface area contributed by atoms with Crippen LogP contribution in [-0.4, -0.2) is 30.9 Å². The fourth-order valence-corrected chi connectivity index (χ4v) is 3.91. The van der Waals surface area contributed by atoms with Crippen molar-refractivity contribution in [2.45, 2.75) is 22.8 Å². The standard InChI is InChI=1S/C12H7F7N2O3S2/c13-6-1-3-7(4-2-6)26(23,24)21-9-20-5-8(25-9)10(22,11(14,15)16)12(17,18)19/h1-5,22H,(H,20,21). The van der Waals surface area contributed by atoms with Gasteiger partial charge < -0.3 is 5.11 Å². The lowest BCUT2D eigenvalue weighted by atomic mass is 10.0. The van der Waals surface area contributed by atoms with Crippen LogP contribution in [0.4, 0.5) is 35.9 Å². The number of hydrogen-bond acceptors (Lipinski definition) is 5. The number of anilines is 1. The maximum atomic E-state index is 12.8. The summed E-state index contributed by atoms with van der Waals surface area (Å²) >= 11 is -0.347. The van der Waals surface area contributed by atoms with E-state index in [0.29, 0.717) is 0 Å². The van der Waals surface area contributed by atoms with Crippen molar-refractivity contribution in [3.8, 4) is 0 Å². The Morgan fingerprint density at radius 3 is 1.96 bits per heavy atom. The highest BCUT2D eigenvalue weighted by atomic mass is 32.2. The van der Waals surface area contributed by atoms with Crippen molar-refractivity contribution >= 4 is 26.5 Å². The fraction of sp³-hybridized carbons (Fsp3) is 0.250. The summed E-state index contributed by atoms with van der Waals surface area (Å²) in [6, 6.07) is 3.23. The number of benzene rings is 1. The minimum Gasteiger partial charge on any atom is -0.369 e. The van der Waals surface area contributed by atoms with Gasteiger partial charge in [-0.1, -0.05) is 11.3 Å². The third kappa shape index (κ3) is 3.61. The summed E-state index contributed by atoms with van der Waals surface area (Å²) in [6.07, 6.45) is -12.2. The highest BCUT2D eigenvalue weighted by molar-refractivity contribution is 7.93. The maximum Gasteiger partial charge on any atom is 0.431 e. The topological polar surface area (TPSA) is 79.3 Å². The van der Waals surface area contributed by atoms with Crippen LogP contribution in [0.25, 0.3) is 0 Å². The molecule has 26 heavy (non-hydrogen) atoms. The highest BCUT2D eigenvalue weighted by Crippen LogP contribution is 2.51. The molecule has 2 N–H and O–H groups in total. The summed E-state index contributed by atoms with van der Waals surface area (Å²) in [5.41, 5.74) is -5.21. The van der Waals surface area contributed by atoms with Gasteiger partial charge in [0.2, 0.25) is 0 Å². The molecule has 2 aromatic rings. The molecule has 0 unspecified atom stereocenters. The molecular weight excluding hydrogens is 417 g/mol. The number of aliphatic hydroxyl groups is 1. The van der Waals surface area contributed by atoms with Crippen molar-refractivity contribution in [3.63, 3.8) is 0 Å². The summed E-state index contributed by atoms with van der Waals surface area (Å²) in [5.74, 6) is -0.763. The van der Waals surface area contributed by atoms with Crippen LogP contribution in [0.2, 0.25) is 0 Å². The molecular formula is C12H7F7N2O3S2. The minimum atomic E-state index is -6.12. The van der Waals surface area contributed by atoms with Gasteiger partial charge in [-0.15, -0.1) is 0 Å². The minimum absolute atomic E-state index is 0.0637. The number of aromatic nitrogens is 1. The molecule has 0 bridgehead atoms. The number of rotatable bonds is 4. The second-order valence-electron chi connectivity index (χ2n) is 4.80. The van der Waals surface area contributed by atoms with Crippen LogP contribution in [0, 0.1) is 5.82 Å². The predicted molar refractivity (Wildman–Crippen MR) is 75.3 cm³/mol. The van der Waals surface area contributed by atoms with Gasteiger partial charge in [0.1, 0.15) is 5.82 Å². The number of alkyl halides is 6. The molecule has 0 aliphatic carbocycles. The first-order valence-corrected chi connectivity index (χ1v) is 8.59. The van der Waals surface area contributed by atoms with Crippen molar-refractivity contribution in [1.29, 1.82) is 0 Å². The van der Waals surface area contributed by atoms with Gasteiger partial charge in [-0.2, -0.15) is 26.3 Å². The summed E-state index contributed by atoms with van der Waals surface area (Å²) in [7, 11) is -4.45. The Labute approximate surface area is 145 Å². The van der Waals surface area contributed by atoms with Crippen molar-refractivity contribution in [2.24, 2.45) is 0 Å². The highest BCUT2D eigenvalue weighted by Gasteiger charge is 2.72. The monoisotopic (exact) mass is 424 g/mol. The Morgan fingerprint density at radius 1 is 1.00 bits per heavy atom. The van der Waals surface area contributed by atoms with E-state index in [9.17, 15) is 44.3 Å². The molecule has 0 fully saturated rings. The van der Waals surface area contributed by atoms with Gasteiger partial charge in [0, 0.05) is 6.20 Å². The molecule has 2 rings (SSSR count). The summed E-state index contributed by atoms with van der Waals surface area (Å²) in [5, 5.41) is 8.37. The second-order valence-corrected chi connectivity index (χ2v) is 7.51. The number of nitrogens with one attached hydrogen (secondary N) is 1. The van der Waals surface area contributed by atoms with Crippen LogP contribution in [0.15, 0.2) is 35.4 Å². The molecule has 14 heteroatoms. The first-order valence-electron chi connectivity index (χ1n) is 6.29. The van der Waals surface area contributed by atoms with Gasteiger partial charge >= 0.3 is 12.4 Å². The molecule has 144 valence electrons. The van der Waals surface area contributed by atoms with Gasteiger partial charge in [0.25, 0.3) is 15.6 Å². The molecule has 0 atom stereocenters. The van der Waals surface area contributed by atoms with E-state index < -0.39 is 48.7 Å². The van der Waals surface area contributed by atoms with Gasteiger partial charge in [-0.3, -0.25) is 4.72 Å². The normalized spacial score (nSPS) is 13.7. The Hall–Kier alpha value is -1.93. The van der Waals surface area contributed by atoms with Crippen molar-refractivity contribution in [1.82, 2.24) is 4.98 Å². The summed E-state index contributed by atoms with van der Waals surface area (Å²) < 4.78 is 115. The number of hydrogen-bond donors (Lipinski definition) is 2. The van der Waals surface area contributed by atoms with Crippen LogP contribution >= 0.6 is 11.3 Å². The van der Waals surface area contributed by atoms with Crippen LogP contribution in [-0.2, 0) is 15.6 Å². The number of thiazole rings is 1. The number of halogens is 7. The molecule has 0 aliphatic heterocycles. The molecule has 5 nitrogen and oxygen atoms in total. The zero-order valence-corrected chi connectivity index (χ0v) is 13.7. The molecule has 1 heterocycles. The average molecular weight is 424 g/mol. The second kappa shape index (κ2) is 6.35. The lowest BCUT2D eigenvalue weighted by molar-refractivity contribution is -0.375. The lowest BCUT2D eigenvalue weighted by Gasteiger charge is -2.30. The van der Waals surface area contributed by atoms with Gasteiger partial charge in [0.15, 0.2) is 5.13 Å². The Kier molecular flexibility index (Phi) is 4.98. The number of sulfonamides is 1. The van der Waals surface area contributed by atoms with Gasteiger partial charge in [-0.25, -0.2) is 17.8 Å². The smallest absolute Gasteiger partial charge is 0.369 e. The first kappa shape index (κ1) is 20.4. The van der Waals surface area contributed by atoms with Gasteiger partial charge in [0.05, 0.1) is 9.77 Å². The molecule has 1 aromatic carbocycles. The van der Waals surface area contributed by atoms with E-state index in [1.807, 2.05) is 0 Å². The third-order valence-electron chi connectivity index (χ3n) is 3.03. The Balaban J connectivity index is 2.39. The van der Waals surface area contributed by atoms with Gasteiger partial charge in [-0.05, 0) is 24.3 Å². The van der Waals surface area contributed by atoms with Crippen LogP contribution in [0.5, 0.6) is 0 Å². The summed E-state index contributed by atoms with van der Waals surface area (Å²) in [6.45, 7) is 0. The molecule has 0 radical (unpaired) electrons. The SMILES string of the molecule is O=S(=O)(Nc1ncc(C(O)(C(F)(F)F)C(F)(F)F)s1)c1ccc(F)cc1. The molecule has 0 amide bonds. The molecule has 1 aromatic heterocycles. The van der Waals surface area contributed by atoms with Crippen molar-refractivity contribution in [2.75, 3.05) is 4.72 Å². The molecule has 0 aliphatic rings. The lowest BCUT2D eigenvalue weighted by Crippen LogP contribution is -2.53. The average Bonchev–Trinajstić information content (AvgIpc) is 2.92. The Bertz CT molecular complexity index is 875. The van der Waals surface area contributed by atoms with E-state index >= 15 is 0 Å². The van der Waals surface area contributed by atoms with E-state index in [1.54, 1.807) is 4.72 Å². The van der Waals surface area contributed by atoms with E-state index in [1.165, 1.54) is 0 Å². The van der Waals surface area contributed by atoms with Crippen molar-refractivity contribution < 1.29 is 44.3 Å². The van der Waals surface area contributed by atoms with Crippen LogP contribution in [0.3, 0.4) is 0 Å². The van der Waals surface area contributed by atoms with Crippen LogP contribution in [0.1, 0.15) is 4.88 Å². The van der Waals surface area contributed by atoms with E-state index in [0.717, 1.165) is 24.3 Å². The molecule has 0 spiro atoms. The third-order valence-corrected chi connectivity index (χ3v) is 5.53. The fourth-order valence-electron chi connectivity index (χ4n) is 1.72.